The Bertz CT molecular complexity index is 699. The topological polar surface area (TPSA) is 93.5 Å². The van der Waals surface area contributed by atoms with Crippen molar-refractivity contribution in [1.29, 1.82) is 0 Å². The molecule has 1 aromatic carbocycles. The van der Waals surface area contributed by atoms with Gasteiger partial charge in [-0.1, -0.05) is 12.1 Å². The summed E-state index contributed by atoms with van der Waals surface area (Å²) in [6, 6.07) is 6.50. The first kappa shape index (κ1) is 15.2. The third kappa shape index (κ3) is 3.57. The summed E-state index contributed by atoms with van der Waals surface area (Å²) in [5, 5.41) is 11.8. The molecular weight excluding hydrogens is 298 g/mol. The van der Waals surface area contributed by atoms with Gasteiger partial charge in [-0.25, -0.2) is 4.98 Å². The third-order valence-electron chi connectivity index (χ3n) is 3.82. The van der Waals surface area contributed by atoms with E-state index in [1.807, 2.05) is 10.8 Å². The molecule has 0 spiro atoms. The number of ether oxygens (including phenoxy) is 1. The number of hydrogen-bond acceptors (Lipinski definition) is 4. The fourth-order valence-corrected chi connectivity index (χ4v) is 2.69. The van der Waals surface area contributed by atoms with Crippen LogP contribution in [0.15, 0.2) is 43.0 Å². The normalized spacial score (nSPS) is 20.3. The zero-order valence-electron chi connectivity index (χ0n) is 12.4. The van der Waals surface area contributed by atoms with Gasteiger partial charge in [0.2, 0.25) is 0 Å². The van der Waals surface area contributed by atoms with Crippen LogP contribution in [0.3, 0.4) is 0 Å². The maximum absolute atomic E-state index is 12.4. The highest BCUT2D eigenvalue weighted by atomic mass is 16.5. The van der Waals surface area contributed by atoms with Crippen LogP contribution in [0.4, 0.5) is 0 Å². The van der Waals surface area contributed by atoms with Crippen LogP contribution in [-0.4, -0.2) is 45.8 Å². The zero-order valence-corrected chi connectivity index (χ0v) is 12.4. The summed E-state index contributed by atoms with van der Waals surface area (Å²) in [7, 11) is 0. The van der Waals surface area contributed by atoms with Gasteiger partial charge in [-0.2, -0.15) is 0 Å². The Kier molecular flexibility index (Phi) is 4.38. The van der Waals surface area contributed by atoms with Crippen molar-refractivity contribution in [2.75, 3.05) is 13.2 Å². The highest BCUT2D eigenvalue weighted by molar-refractivity contribution is 5.94. The lowest BCUT2D eigenvalue weighted by atomic mass is 10.1. The first-order valence-corrected chi connectivity index (χ1v) is 7.30. The Morgan fingerprint density at radius 2 is 2.26 bits per heavy atom. The van der Waals surface area contributed by atoms with Crippen LogP contribution in [0.5, 0.6) is 0 Å². The summed E-state index contributed by atoms with van der Waals surface area (Å²) in [4.78, 5) is 27.2. The van der Waals surface area contributed by atoms with E-state index in [9.17, 15) is 9.59 Å². The Morgan fingerprint density at radius 3 is 3.00 bits per heavy atom. The second kappa shape index (κ2) is 6.62. The van der Waals surface area contributed by atoms with Crippen molar-refractivity contribution in [1.82, 2.24) is 14.9 Å². The Labute approximate surface area is 132 Å². The number of rotatable bonds is 5. The lowest BCUT2D eigenvalue weighted by Crippen LogP contribution is -2.40. The molecule has 2 atom stereocenters. The number of imidazole rings is 1. The minimum atomic E-state index is -0.924. The molecule has 1 aliphatic rings. The summed E-state index contributed by atoms with van der Waals surface area (Å²) in [5.41, 5.74) is 1.04. The molecule has 2 heterocycles. The Balaban J connectivity index is 1.70. The first-order chi connectivity index (χ1) is 11.1. The maximum Gasteiger partial charge on any atom is 0.307 e. The maximum atomic E-state index is 12.4. The lowest BCUT2D eigenvalue weighted by Gasteiger charge is -2.20. The van der Waals surface area contributed by atoms with Crippen LogP contribution >= 0.6 is 0 Å². The third-order valence-corrected chi connectivity index (χ3v) is 3.82. The number of carboxylic acid groups (broad SMARTS) is 1. The van der Waals surface area contributed by atoms with E-state index in [0.29, 0.717) is 24.3 Å². The van der Waals surface area contributed by atoms with Crippen LogP contribution in [0.2, 0.25) is 0 Å². The van der Waals surface area contributed by atoms with Crippen molar-refractivity contribution >= 4 is 11.9 Å². The van der Waals surface area contributed by atoms with Crippen molar-refractivity contribution in [2.24, 2.45) is 0 Å². The first-order valence-electron chi connectivity index (χ1n) is 7.30. The van der Waals surface area contributed by atoms with Crippen LogP contribution < -0.4 is 5.32 Å². The molecule has 0 radical (unpaired) electrons. The van der Waals surface area contributed by atoms with Gasteiger partial charge in [0, 0.05) is 18.0 Å². The number of benzene rings is 1. The highest BCUT2D eigenvalue weighted by Gasteiger charge is 2.30. The van der Waals surface area contributed by atoms with E-state index in [1.54, 1.807) is 36.8 Å². The fourth-order valence-electron chi connectivity index (χ4n) is 2.69. The Hall–Kier alpha value is -2.67. The minimum Gasteiger partial charge on any atom is -0.481 e. The number of aliphatic carboxylic acids is 1. The number of carbonyl (C=O) groups excluding carboxylic acids is 1. The van der Waals surface area contributed by atoms with Gasteiger partial charge in [0.25, 0.3) is 5.91 Å². The van der Waals surface area contributed by atoms with E-state index >= 15 is 0 Å². The molecule has 1 aromatic heterocycles. The van der Waals surface area contributed by atoms with Crippen molar-refractivity contribution in [3.8, 4) is 0 Å². The summed E-state index contributed by atoms with van der Waals surface area (Å²) in [6.45, 7) is 0.948. The van der Waals surface area contributed by atoms with Gasteiger partial charge in [0.15, 0.2) is 0 Å². The summed E-state index contributed by atoms with van der Waals surface area (Å²) in [6.07, 6.45) is 5.12. The van der Waals surface area contributed by atoms with Crippen molar-refractivity contribution in [3.05, 3.63) is 54.1 Å². The molecule has 0 bridgehead atoms. The smallest absolute Gasteiger partial charge is 0.307 e. The van der Waals surface area contributed by atoms with E-state index in [2.05, 4.69) is 10.3 Å². The molecular formula is C16H17N3O4. The number of nitrogens with zero attached hydrogens (tertiary/aromatic N) is 2. The van der Waals surface area contributed by atoms with E-state index in [1.165, 1.54) is 0 Å². The van der Waals surface area contributed by atoms with Gasteiger partial charge < -0.3 is 19.7 Å². The lowest BCUT2D eigenvalue weighted by molar-refractivity contribution is -0.136. The molecule has 0 unspecified atom stereocenters. The number of amides is 1. The molecule has 1 amide bonds. The molecule has 0 saturated carbocycles. The van der Waals surface area contributed by atoms with Gasteiger partial charge in [-0.3, -0.25) is 9.59 Å². The van der Waals surface area contributed by atoms with Gasteiger partial charge in [0.05, 0.1) is 38.0 Å². The SMILES string of the molecule is O=C(O)Cc1cccc(C(=O)N[C@@H]2COC[C@@H]2n2ccnc2)c1. The van der Waals surface area contributed by atoms with Crippen LogP contribution in [-0.2, 0) is 16.0 Å². The molecule has 0 aliphatic carbocycles. The predicted octanol–water partition coefficient (Wildman–Crippen LogP) is 0.880. The second-order valence-corrected chi connectivity index (χ2v) is 5.47. The number of carboxylic acids is 1. The fraction of sp³-hybridized carbons (Fsp3) is 0.312. The molecule has 7 heteroatoms. The molecule has 2 aromatic rings. The van der Waals surface area contributed by atoms with Gasteiger partial charge in [-0.15, -0.1) is 0 Å². The molecule has 23 heavy (non-hydrogen) atoms. The number of hydrogen-bond donors (Lipinski definition) is 2. The van der Waals surface area contributed by atoms with Crippen LogP contribution in [0.1, 0.15) is 22.0 Å². The quantitative estimate of drug-likeness (QED) is 0.854. The molecule has 1 aliphatic heterocycles. The van der Waals surface area contributed by atoms with E-state index in [4.69, 9.17) is 9.84 Å². The van der Waals surface area contributed by atoms with Gasteiger partial charge in [0.1, 0.15) is 0 Å². The van der Waals surface area contributed by atoms with Gasteiger partial charge in [-0.05, 0) is 17.7 Å². The van der Waals surface area contributed by atoms with Crippen molar-refractivity contribution in [2.45, 2.75) is 18.5 Å². The van der Waals surface area contributed by atoms with Gasteiger partial charge >= 0.3 is 5.97 Å². The standard InChI is InChI=1S/C16H17N3O4/c20-15(21)7-11-2-1-3-12(6-11)16(22)18-13-8-23-9-14(13)19-5-4-17-10-19/h1-6,10,13-14H,7-9H2,(H,18,22)(H,20,21)/t13-,14+/m1/s1. The predicted molar refractivity (Wildman–Crippen MR) is 81.1 cm³/mol. The van der Waals surface area contributed by atoms with Crippen LogP contribution in [0, 0.1) is 0 Å². The average Bonchev–Trinajstić information content (AvgIpc) is 3.17. The number of nitrogens with one attached hydrogen (secondary N) is 1. The molecule has 3 rings (SSSR count). The monoisotopic (exact) mass is 315 g/mol. The average molecular weight is 315 g/mol. The molecule has 1 fully saturated rings. The Morgan fingerprint density at radius 1 is 1.39 bits per heavy atom. The number of aromatic nitrogens is 2. The highest BCUT2D eigenvalue weighted by Crippen LogP contribution is 2.20. The number of carbonyl (C=O) groups is 2. The minimum absolute atomic E-state index is 0.00338. The zero-order chi connectivity index (χ0) is 16.2. The molecule has 120 valence electrons. The van der Waals surface area contributed by atoms with E-state index < -0.39 is 5.97 Å². The summed E-state index contributed by atoms with van der Waals surface area (Å²) in [5.74, 6) is -1.16. The summed E-state index contributed by atoms with van der Waals surface area (Å²) >= 11 is 0. The van der Waals surface area contributed by atoms with E-state index in [-0.39, 0.29) is 24.4 Å². The van der Waals surface area contributed by atoms with Crippen molar-refractivity contribution < 1.29 is 19.4 Å². The van der Waals surface area contributed by atoms with Crippen molar-refractivity contribution in [3.63, 3.8) is 0 Å². The molecule has 2 N–H and O–H groups in total. The summed E-state index contributed by atoms with van der Waals surface area (Å²) < 4.78 is 7.38. The largest absolute Gasteiger partial charge is 0.481 e. The van der Waals surface area contributed by atoms with Crippen LogP contribution in [0.25, 0.3) is 0 Å². The molecule has 1 saturated heterocycles. The molecule has 7 nitrogen and oxygen atoms in total. The second-order valence-electron chi connectivity index (χ2n) is 5.47. The van der Waals surface area contributed by atoms with E-state index in [0.717, 1.165) is 0 Å².